The summed E-state index contributed by atoms with van der Waals surface area (Å²) in [6, 6.07) is 11.6. The highest BCUT2D eigenvalue weighted by molar-refractivity contribution is 7.90. The Kier molecular flexibility index (Phi) is 5.50. The molecule has 0 saturated carbocycles. The summed E-state index contributed by atoms with van der Waals surface area (Å²) in [5.74, 6) is -2.62. The molecule has 1 unspecified atom stereocenters. The van der Waals surface area contributed by atoms with Crippen LogP contribution in [0, 0.1) is 11.7 Å². The van der Waals surface area contributed by atoms with Gasteiger partial charge in [0.05, 0.1) is 5.92 Å². The summed E-state index contributed by atoms with van der Waals surface area (Å²) < 4.78 is 45.8. The average Bonchev–Trinajstić information content (AvgIpc) is 3.34. The van der Waals surface area contributed by atoms with Gasteiger partial charge in [0.1, 0.15) is 16.3 Å². The lowest BCUT2D eigenvalue weighted by Gasteiger charge is -2.15. The summed E-state index contributed by atoms with van der Waals surface area (Å²) in [6.45, 7) is 1.93. The van der Waals surface area contributed by atoms with Crippen LogP contribution in [-0.2, 0) is 21.4 Å². The number of rotatable bonds is 6. The zero-order chi connectivity index (χ0) is 22.2. The number of primary amides is 1. The van der Waals surface area contributed by atoms with Gasteiger partial charge in [-0.05, 0) is 42.8 Å². The Morgan fingerprint density at radius 3 is 2.68 bits per heavy atom. The lowest BCUT2D eigenvalue weighted by atomic mass is 10.1. The molecule has 2 heterocycles. The zero-order valence-electron chi connectivity index (χ0n) is 16.4. The minimum atomic E-state index is -4.39. The lowest BCUT2D eigenvalue weighted by Crippen LogP contribution is -2.30. The summed E-state index contributed by atoms with van der Waals surface area (Å²) in [6.07, 6.45) is 0.721. The highest BCUT2D eigenvalue weighted by Gasteiger charge is 2.27. The maximum atomic E-state index is 13.8. The molecule has 8 nitrogen and oxygen atoms in total. The quantitative estimate of drug-likeness (QED) is 0.598. The van der Waals surface area contributed by atoms with Crippen molar-refractivity contribution in [2.45, 2.75) is 17.9 Å². The molecule has 1 saturated heterocycles. The van der Waals surface area contributed by atoms with Crippen LogP contribution in [0.4, 0.5) is 4.39 Å². The summed E-state index contributed by atoms with van der Waals surface area (Å²) in [5.41, 5.74) is 6.69. The molecule has 0 radical (unpaired) electrons. The molecule has 1 atom stereocenters. The number of hydrogen-bond acceptors (Lipinski definition) is 6. The van der Waals surface area contributed by atoms with Crippen molar-refractivity contribution < 1.29 is 26.8 Å². The van der Waals surface area contributed by atoms with Crippen LogP contribution in [0.2, 0.25) is 0 Å². The molecule has 2 amide bonds. The van der Waals surface area contributed by atoms with E-state index in [-0.39, 0.29) is 17.6 Å². The molecule has 0 bridgehead atoms. The number of fused-ring (bicyclic) bond motifs is 1. The number of nitrogens with one attached hydrogen (secondary N) is 1. The van der Waals surface area contributed by atoms with Gasteiger partial charge in [0, 0.05) is 18.5 Å². The third kappa shape index (κ3) is 4.44. The number of sulfonamides is 1. The van der Waals surface area contributed by atoms with Gasteiger partial charge >= 0.3 is 5.91 Å². The molecule has 3 aromatic rings. The fourth-order valence-corrected chi connectivity index (χ4v) is 4.68. The third-order valence-corrected chi connectivity index (χ3v) is 6.61. The van der Waals surface area contributed by atoms with Gasteiger partial charge in [0.25, 0.3) is 10.0 Å². The second-order valence-electron chi connectivity index (χ2n) is 7.47. The summed E-state index contributed by atoms with van der Waals surface area (Å²) in [4.78, 5) is 25.2. The van der Waals surface area contributed by atoms with Crippen molar-refractivity contribution in [3.8, 4) is 0 Å². The van der Waals surface area contributed by atoms with Crippen LogP contribution < -0.4 is 10.5 Å². The largest absolute Gasteiger partial charge is 0.451 e. The molecule has 3 N–H and O–H groups in total. The standard InChI is InChI=1S/C21H20FN3O5S/c22-16-3-1-2-4-19(16)31(28,29)24-21(27)18-10-14-6-5-13(9-17(14)30-18)11-25-8-7-15(12-25)20(23)26/h1-6,9-10,15H,7-8,11-12H2,(H2,23,26)(H,24,27). The second kappa shape index (κ2) is 8.12. The number of benzene rings is 2. The number of carbonyl (C=O) groups excluding carboxylic acids is 2. The van der Waals surface area contributed by atoms with Crippen LogP contribution in [0.25, 0.3) is 11.0 Å². The minimum absolute atomic E-state index is 0.154. The van der Waals surface area contributed by atoms with E-state index < -0.39 is 26.6 Å². The van der Waals surface area contributed by atoms with Crippen LogP contribution in [0.5, 0.6) is 0 Å². The van der Waals surface area contributed by atoms with Crippen LogP contribution in [0.15, 0.2) is 57.8 Å². The fourth-order valence-electron chi connectivity index (χ4n) is 3.64. The first kappa shape index (κ1) is 21.0. The minimum Gasteiger partial charge on any atom is -0.451 e. The molecule has 1 aliphatic rings. The van der Waals surface area contributed by atoms with E-state index >= 15 is 0 Å². The second-order valence-corrected chi connectivity index (χ2v) is 9.12. The van der Waals surface area contributed by atoms with Crippen LogP contribution in [-0.4, -0.2) is 38.2 Å². The first-order chi connectivity index (χ1) is 14.7. The first-order valence-electron chi connectivity index (χ1n) is 9.59. The number of nitrogens with two attached hydrogens (primary N) is 1. The molecule has 1 aliphatic heterocycles. The Morgan fingerprint density at radius 1 is 1.19 bits per heavy atom. The Morgan fingerprint density at radius 2 is 1.97 bits per heavy atom. The smallest absolute Gasteiger partial charge is 0.300 e. The van der Waals surface area contributed by atoms with Crippen molar-refractivity contribution >= 4 is 32.8 Å². The van der Waals surface area contributed by atoms with E-state index in [1.807, 2.05) is 10.8 Å². The summed E-state index contributed by atoms with van der Waals surface area (Å²) in [5, 5.41) is 0.619. The molecule has 162 valence electrons. The Balaban J connectivity index is 1.50. The van der Waals surface area contributed by atoms with Crippen molar-refractivity contribution in [1.29, 1.82) is 0 Å². The van der Waals surface area contributed by atoms with Crippen LogP contribution in [0.3, 0.4) is 0 Å². The molecular weight excluding hydrogens is 425 g/mol. The highest BCUT2D eigenvalue weighted by atomic mass is 32.2. The number of hydrogen-bond donors (Lipinski definition) is 2. The Hall–Kier alpha value is -3.24. The average molecular weight is 445 g/mol. The van der Waals surface area contributed by atoms with E-state index in [4.69, 9.17) is 10.2 Å². The number of halogens is 1. The van der Waals surface area contributed by atoms with Gasteiger partial charge in [0.15, 0.2) is 5.76 Å². The number of likely N-dealkylation sites (tertiary alicyclic amines) is 1. The molecule has 4 rings (SSSR count). The van der Waals surface area contributed by atoms with Crippen molar-refractivity contribution in [3.05, 3.63) is 65.7 Å². The Bertz CT molecular complexity index is 1270. The zero-order valence-corrected chi connectivity index (χ0v) is 17.2. The molecule has 1 fully saturated rings. The fraction of sp³-hybridized carbons (Fsp3) is 0.238. The number of nitrogens with zero attached hydrogens (tertiary/aromatic N) is 1. The van der Waals surface area contributed by atoms with Gasteiger partial charge in [0.2, 0.25) is 5.91 Å². The van der Waals surface area contributed by atoms with Gasteiger partial charge in [-0.2, -0.15) is 0 Å². The summed E-state index contributed by atoms with van der Waals surface area (Å²) >= 11 is 0. The molecule has 1 aromatic heterocycles. The van der Waals surface area contributed by atoms with Crippen molar-refractivity contribution in [1.82, 2.24) is 9.62 Å². The van der Waals surface area contributed by atoms with Crippen LogP contribution in [0.1, 0.15) is 22.5 Å². The lowest BCUT2D eigenvalue weighted by molar-refractivity contribution is -0.121. The number of furan rings is 1. The first-order valence-corrected chi connectivity index (χ1v) is 11.1. The van der Waals surface area contributed by atoms with E-state index in [9.17, 15) is 22.4 Å². The topological polar surface area (TPSA) is 123 Å². The summed E-state index contributed by atoms with van der Waals surface area (Å²) in [7, 11) is -4.39. The molecule has 31 heavy (non-hydrogen) atoms. The highest BCUT2D eigenvalue weighted by Crippen LogP contribution is 2.24. The van der Waals surface area contributed by atoms with E-state index in [0.717, 1.165) is 30.7 Å². The Labute approximate surface area is 177 Å². The molecule has 0 spiro atoms. The molecule has 0 aliphatic carbocycles. The van der Waals surface area contributed by atoms with Gasteiger partial charge in [-0.1, -0.05) is 24.3 Å². The monoisotopic (exact) mass is 445 g/mol. The maximum absolute atomic E-state index is 13.8. The van der Waals surface area contributed by atoms with E-state index in [0.29, 0.717) is 24.1 Å². The van der Waals surface area contributed by atoms with E-state index in [1.54, 1.807) is 12.1 Å². The number of amides is 2. The predicted molar refractivity (Wildman–Crippen MR) is 110 cm³/mol. The molecular formula is C21H20FN3O5S. The van der Waals surface area contributed by atoms with Crippen molar-refractivity contribution in [2.24, 2.45) is 11.7 Å². The van der Waals surface area contributed by atoms with Gasteiger partial charge in [-0.15, -0.1) is 0 Å². The SMILES string of the molecule is NC(=O)C1CCN(Cc2ccc3cc(C(=O)NS(=O)(=O)c4ccccc4F)oc3c2)C1. The third-order valence-electron chi connectivity index (χ3n) is 5.24. The van der Waals surface area contributed by atoms with E-state index in [1.165, 1.54) is 18.2 Å². The van der Waals surface area contributed by atoms with E-state index in [2.05, 4.69) is 4.90 Å². The normalized spacial score (nSPS) is 17.1. The maximum Gasteiger partial charge on any atom is 0.300 e. The molecule has 2 aromatic carbocycles. The van der Waals surface area contributed by atoms with Gasteiger partial charge in [-0.25, -0.2) is 17.5 Å². The number of carbonyl (C=O) groups is 2. The molecule has 10 heteroatoms. The van der Waals surface area contributed by atoms with Crippen molar-refractivity contribution in [3.63, 3.8) is 0 Å². The van der Waals surface area contributed by atoms with Crippen LogP contribution >= 0.6 is 0 Å². The van der Waals surface area contributed by atoms with Crippen molar-refractivity contribution in [2.75, 3.05) is 13.1 Å². The van der Waals surface area contributed by atoms with Gasteiger partial charge < -0.3 is 10.2 Å². The predicted octanol–water partition coefficient (Wildman–Crippen LogP) is 2.00. The van der Waals surface area contributed by atoms with Gasteiger partial charge in [-0.3, -0.25) is 14.5 Å².